The van der Waals surface area contributed by atoms with Crippen LogP contribution in [0, 0.1) is 5.41 Å². The number of hydrogen-bond acceptors (Lipinski definition) is 3. The molecule has 1 rings (SSSR count). The van der Waals surface area contributed by atoms with Crippen molar-refractivity contribution in [2.45, 2.75) is 58.0 Å². The molecule has 0 atom stereocenters. The number of nitrogens with one attached hydrogen (secondary N) is 1. The molecule has 1 aliphatic rings. The molecule has 0 aromatic heterocycles. The normalized spacial score (nSPS) is 20.0. The van der Waals surface area contributed by atoms with Gasteiger partial charge in [0.2, 0.25) is 5.91 Å². The van der Waals surface area contributed by atoms with Crippen molar-refractivity contribution in [2.24, 2.45) is 11.1 Å². The van der Waals surface area contributed by atoms with E-state index >= 15 is 0 Å². The van der Waals surface area contributed by atoms with Crippen molar-refractivity contribution in [1.29, 1.82) is 0 Å². The molecule has 0 aliphatic heterocycles. The van der Waals surface area contributed by atoms with E-state index in [1.54, 1.807) is 13.8 Å². The lowest BCUT2D eigenvalue weighted by molar-refractivity contribution is -0.124. The summed E-state index contributed by atoms with van der Waals surface area (Å²) in [6.45, 7) is 4.26. The topological polar surface area (TPSA) is 75.3 Å². The number of nitrogens with two attached hydrogens (primary N) is 1. The van der Waals surface area contributed by atoms with Gasteiger partial charge in [0.1, 0.15) is 0 Å². The molecular weight excluding hydrogens is 216 g/mol. The third-order valence-electron chi connectivity index (χ3n) is 3.60. The van der Waals surface area contributed by atoms with E-state index in [2.05, 4.69) is 5.32 Å². The van der Waals surface area contributed by atoms with Crippen LogP contribution in [0.15, 0.2) is 0 Å². The summed E-state index contributed by atoms with van der Waals surface area (Å²) in [4.78, 5) is 11.8. The fraction of sp³-hybridized carbons (Fsp3) is 0.923. The molecule has 17 heavy (non-hydrogen) atoms. The average molecular weight is 242 g/mol. The maximum Gasteiger partial charge on any atom is 0.220 e. The lowest BCUT2D eigenvalue weighted by Gasteiger charge is -2.35. The zero-order chi connectivity index (χ0) is 12.9. The molecule has 4 nitrogen and oxygen atoms in total. The maximum atomic E-state index is 11.8. The second-order valence-electron chi connectivity index (χ2n) is 6.03. The highest BCUT2D eigenvalue weighted by Crippen LogP contribution is 2.38. The molecule has 1 aliphatic carbocycles. The molecule has 0 aromatic rings. The summed E-state index contributed by atoms with van der Waals surface area (Å²) in [6, 6.07) is 0. The molecule has 1 saturated carbocycles. The third kappa shape index (κ3) is 5.04. The lowest BCUT2D eigenvalue weighted by atomic mass is 9.71. The van der Waals surface area contributed by atoms with Crippen LogP contribution in [0.25, 0.3) is 0 Å². The molecule has 100 valence electrons. The van der Waals surface area contributed by atoms with E-state index in [9.17, 15) is 9.90 Å². The summed E-state index contributed by atoms with van der Waals surface area (Å²) in [5.74, 6) is 0.0134. The van der Waals surface area contributed by atoms with Crippen molar-refractivity contribution in [2.75, 3.05) is 13.1 Å². The lowest BCUT2D eigenvalue weighted by Crippen LogP contribution is -2.42. The van der Waals surface area contributed by atoms with Gasteiger partial charge >= 0.3 is 0 Å². The van der Waals surface area contributed by atoms with Gasteiger partial charge in [0, 0.05) is 13.0 Å². The predicted molar refractivity (Wildman–Crippen MR) is 68.5 cm³/mol. The second-order valence-corrected chi connectivity index (χ2v) is 6.03. The molecule has 1 amide bonds. The first-order chi connectivity index (χ1) is 7.87. The van der Waals surface area contributed by atoms with Gasteiger partial charge in [-0.3, -0.25) is 4.79 Å². The molecule has 0 spiro atoms. The number of amides is 1. The van der Waals surface area contributed by atoms with E-state index in [0.29, 0.717) is 19.5 Å². The summed E-state index contributed by atoms with van der Waals surface area (Å²) in [5.41, 5.74) is 4.99. The summed E-state index contributed by atoms with van der Waals surface area (Å²) < 4.78 is 0. The van der Waals surface area contributed by atoms with E-state index in [0.717, 1.165) is 12.8 Å². The molecular formula is C13H26N2O2. The van der Waals surface area contributed by atoms with Crippen LogP contribution in [-0.2, 0) is 4.79 Å². The van der Waals surface area contributed by atoms with Crippen LogP contribution < -0.4 is 11.1 Å². The van der Waals surface area contributed by atoms with E-state index in [1.165, 1.54) is 19.3 Å². The van der Waals surface area contributed by atoms with Crippen molar-refractivity contribution in [3.8, 4) is 0 Å². The van der Waals surface area contributed by atoms with Gasteiger partial charge in [0.05, 0.1) is 5.60 Å². The van der Waals surface area contributed by atoms with E-state index in [-0.39, 0.29) is 11.3 Å². The molecule has 0 aromatic carbocycles. The van der Waals surface area contributed by atoms with Crippen LogP contribution in [0.1, 0.15) is 52.4 Å². The largest absolute Gasteiger partial charge is 0.389 e. The van der Waals surface area contributed by atoms with Gasteiger partial charge in [-0.2, -0.15) is 0 Å². The Kier molecular flexibility index (Phi) is 4.95. The summed E-state index contributed by atoms with van der Waals surface area (Å²) >= 11 is 0. The van der Waals surface area contributed by atoms with Crippen LogP contribution in [0.5, 0.6) is 0 Å². The Labute approximate surface area is 104 Å². The zero-order valence-corrected chi connectivity index (χ0v) is 11.1. The Hall–Kier alpha value is -0.610. The molecule has 1 fully saturated rings. The average Bonchev–Trinajstić information content (AvgIpc) is 2.27. The van der Waals surface area contributed by atoms with Crippen molar-refractivity contribution in [1.82, 2.24) is 5.32 Å². The van der Waals surface area contributed by atoms with Gasteiger partial charge in [0.15, 0.2) is 0 Å². The van der Waals surface area contributed by atoms with Crippen molar-refractivity contribution < 1.29 is 9.90 Å². The quantitative estimate of drug-likeness (QED) is 0.677. The van der Waals surface area contributed by atoms with Crippen molar-refractivity contribution >= 4 is 5.91 Å². The van der Waals surface area contributed by atoms with Crippen LogP contribution in [-0.4, -0.2) is 29.7 Å². The minimum absolute atomic E-state index is 0.00192. The molecule has 4 heteroatoms. The van der Waals surface area contributed by atoms with Gasteiger partial charge < -0.3 is 16.2 Å². The summed E-state index contributed by atoms with van der Waals surface area (Å²) in [6.07, 6.45) is 6.22. The highest BCUT2D eigenvalue weighted by molar-refractivity contribution is 5.76. The van der Waals surface area contributed by atoms with Crippen LogP contribution >= 0.6 is 0 Å². The van der Waals surface area contributed by atoms with E-state index in [4.69, 9.17) is 5.73 Å². The van der Waals surface area contributed by atoms with Crippen LogP contribution in [0.2, 0.25) is 0 Å². The standard InChI is InChI=1S/C13H26N2O2/c1-12(2,17)10-15-11(16)8-13(9-14)6-4-3-5-7-13/h17H,3-10,14H2,1-2H3,(H,15,16). The highest BCUT2D eigenvalue weighted by atomic mass is 16.3. The fourth-order valence-electron chi connectivity index (χ4n) is 2.47. The SMILES string of the molecule is CC(C)(O)CNC(=O)CC1(CN)CCCCC1. The minimum Gasteiger partial charge on any atom is -0.389 e. The minimum atomic E-state index is -0.849. The molecule has 0 saturated heterocycles. The zero-order valence-electron chi connectivity index (χ0n) is 11.1. The first kappa shape index (κ1) is 14.5. The molecule has 0 bridgehead atoms. The Morgan fingerprint density at radius 3 is 2.41 bits per heavy atom. The number of carbonyl (C=O) groups excluding carboxylic acids is 1. The van der Waals surface area contributed by atoms with Gasteiger partial charge in [0.25, 0.3) is 0 Å². The van der Waals surface area contributed by atoms with Crippen molar-refractivity contribution in [3.63, 3.8) is 0 Å². The first-order valence-corrected chi connectivity index (χ1v) is 6.56. The molecule has 4 N–H and O–H groups in total. The number of aliphatic hydroxyl groups is 1. The first-order valence-electron chi connectivity index (χ1n) is 6.56. The Bertz CT molecular complexity index is 253. The van der Waals surface area contributed by atoms with E-state index < -0.39 is 5.60 Å². The molecule has 0 heterocycles. The van der Waals surface area contributed by atoms with Gasteiger partial charge in [-0.25, -0.2) is 0 Å². The van der Waals surface area contributed by atoms with E-state index in [1.807, 2.05) is 0 Å². The predicted octanol–water partition coefficient (Wildman–Crippen LogP) is 1.17. The summed E-state index contributed by atoms with van der Waals surface area (Å²) in [5, 5.41) is 12.3. The third-order valence-corrected chi connectivity index (χ3v) is 3.60. The molecule has 0 radical (unpaired) electrons. The van der Waals surface area contributed by atoms with Crippen LogP contribution in [0.4, 0.5) is 0 Å². The smallest absolute Gasteiger partial charge is 0.220 e. The number of carbonyl (C=O) groups is 1. The fourth-order valence-corrected chi connectivity index (χ4v) is 2.47. The van der Waals surface area contributed by atoms with Gasteiger partial charge in [-0.1, -0.05) is 19.3 Å². The maximum absolute atomic E-state index is 11.8. The Morgan fingerprint density at radius 2 is 1.94 bits per heavy atom. The second kappa shape index (κ2) is 5.83. The number of rotatable bonds is 5. The Balaban J connectivity index is 2.42. The van der Waals surface area contributed by atoms with Gasteiger partial charge in [-0.05, 0) is 38.6 Å². The summed E-state index contributed by atoms with van der Waals surface area (Å²) in [7, 11) is 0. The Morgan fingerprint density at radius 1 is 1.35 bits per heavy atom. The molecule has 0 unspecified atom stereocenters. The number of hydrogen-bond donors (Lipinski definition) is 3. The van der Waals surface area contributed by atoms with Gasteiger partial charge in [-0.15, -0.1) is 0 Å². The monoisotopic (exact) mass is 242 g/mol. The van der Waals surface area contributed by atoms with Crippen LogP contribution in [0.3, 0.4) is 0 Å². The van der Waals surface area contributed by atoms with Crippen molar-refractivity contribution in [3.05, 3.63) is 0 Å². The highest BCUT2D eigenvalue weighted by Gasteiger charge is 2.33.